The molecule has 0 fully saturated rings. The number of hydrogen-bond donors (Lipinski definition) is 1. The second-order valence-electron chi connectivity index (χ2n) is 4.01. The summed E-state index contributed by atoms with van der Waals surface area (Å²) in [5, 5.41) is 2.86. The molecule has 94 valence electrons. The van der Waals surface area contributed by atoms with E-state index < -0.39 is 12.1 Å². The van der Waals surface area contributed by atoms with Crippen LogP contribution in [0.15, 0.2) is 29.3 Å². The highest BCUT2D eigenvalue weighted by Crippen LogP contribution is 2.25. The van der Waals surface area contributed by atoms with Crippen LogP contribution in [-0.4, -0.2) is 31.2 Å². The lowest BCUT2D eigenvalue weighted by Gasteiger charge is -2.22. The second-order valence-corrected chi connectivity index (χ2v) is 4.01. The number of benzene rings is 1. The highest BCUT2D eigenvalue weighted by atomic mass is 17.2. The van der Waals surface area contributed by atoms with Crippen LogP contribution in [0.3, 0.4) is 0 Å². The van der Waals surface area contributed by atoms with Crippen molar-refractivity contribution in [3.63, 3.8) is 0 Å². The number of rotatable bonds is 1. The molecular weight excluding hydrogens is 236 g/mol. The summed E-state index contributed by atoms with van der Waals surface area (Å²) in [7, 11) is 0. The lowest BCUT2D eigenvalue weighted by Crippen LogP contribution is -2.36. The van der Waals surface area contributed by atoms with Crippen molar-refractivity contribution in [2.45, 2.75) is 12.5 Å². The first kappa shape index (κ1) is 11.0. The topological polar surface area (TPSA) is 69.2 Å². The summed E-state index contributed by atoms with van der Waals surface area (Å²) in [6, 6.07) is 7.67. The van der Waals surface area contributed by atoms with Crippen molar-refractivity contribution in [3.05, 3.63) is 29.8 Å². The molecule has 3 rings (SSSR count). The summed E-state index contributed by atoms with van der Waals surface area (Å²) in [4.78, 5) is 25.9. The van der Waals surface area contributed by atoms with Gasteiger partial charge in [0.15, 0.2) is 5.75 Å². The molecule has 1 aromatic rings. The number of esters is 1. The van der Waals surface area contributed by atoms with E-state index in [1.807, 2.05) is 18.2 Å². The zero-order valence-electron chi connectivity index (χ0n) is 9.59. The van der Waals surface area contributed by atoms with Crippen molar-refractivity contribution >= 4 is 12.0 Å². The van der Waals surface area contributed by atoms with E-state index in [1.165, 1.54) is 0 Å². The maximum Gasteiger partial charge on any atom is 0.347 e. The lowest BCUT2D eigenvalue weighted by atomic mass is 10.1. The Labute approximate surface area is 103 Å². The first-order valence-electron chi connectivity index (χ1n) is 5.74. The largest absolute Gasteiger partial charge is 0.391 e. The Balaban J connectivity index is 1.66. The van der Waals surface area contributed by atoms with Gasteiger partial charge in [0.25, 0.3) is 6.02 Å². The molecule has 1 unspecified atom stereocenters. The van der Waals surface area contributed by atoms with Crippen molar-refractivity contribution in [1.82, 2.24) is 5.32 Å². The molecule has 0 radical (unpaired) electrons. The van der Waals surface area contributed by atoms with E-state index in [2.05, 4.69) is 10.3 Å². The molecule has 2 aliphatic heterocycles. The minimum Gasteiger partial charge on any atom is -0.391 e. The fraction of sp³-hybridized carbons (Fsp3) is 0.333. The zero-order chi connectivity index (χ0) is 12.4. The van der Waals surface area contributed by atoms with Gasteiger partial charge in [-0.25, -0.2) is 9.79 Å². The van der Waals surface area contributed by atoms with Gasteiger partial charge in [-0.1, -0.05) is 18.2 Å². The molecule has 0 amide bonds. The number of aliphatic imine (C=N–C) groups is 1. The molecule has 2 heterocycles. The van der Waals surface area contributed by atoms with Gasteiger partial charge in [-0.3, -0.25) is 0 Å². The Bertz CT molecular complexity index is 501. The first-order valence-corrected chi connectivity index (χ1v) is 5.74. The summed E-state index contributed by atoms with van der Waals surface area (Å²) in [6.45, 7) is 1.31. The van der Waals surface area contributed by atoms with Gasteiger partial charge in [-0.2, -0.15) is 4.89 Å². The fourth-order valence-electron chi connectivity index (χ4n) is 1.83. The highest BCUT2D eigenvalue weighted by molar-refractivity contribution is 5.90. The summed E-state index contributed by atoms with van der Waals surface area (Å²) < 4.78 is 5.06. The molecule has 0 spiro atoms. The van der Waals surface area contributed by atoms with Crippen LogP contribution in [0.5, 0.6) is 5.75 Å². The lowest BCUT2D eigenvalue weighted by molar-refractivity contribution is -0.254. The SMILES string of the molecule is O=C(OC1=NCCN1)C1Cc2ccccc2OO1. The average molecular weight is 248 g/mol. The summed E-state index contributed by atoms with van der Waals surface area (Å²) >= 11 is 0. The van der Waals surface area contributed by atoms with Gasteiger partial charge in [0.2, 0.25) is 6.10 Å². The first-order chi connectivity index (χ1) is 8.83. The van der Waals surface area contributed by atoms with Gasteiger partial charge >= 0.3 is 5.97 Å². The molecule has 1 aromatic carbocycles. The van der Waals surface area contributed by atoms with E-state index in [0.29, 0.717) is 25.3 Å². The summed E-state index contributed by atoms with van der Waals surface area (Å²) in [5.74, 6) is 0.135. The van der Waals surface area contributed by atoms with Crippen LogP contribution < -0.4 is 10.2 Å². The third-order valence-electron chi connectivity index (χ3n) is 2.74. The van der Waals surface area contributed by atoms with Gasteiger partial charge in [-0.05, 0) is 6.07 Å². The van der Waals surface area contributed by atoms with Crippen LogP contribution >= 0.6 is 0 Å². The standard InChI is InChI=1S/C12H12N2O4/c15-11(16-12-13-5-6-14-12)10-7-8-3-1-2-4-9(8)17-18-10/h1-4,10H,5-7H2,(H,13,14). The van der Waals surface area contributed by atoms with Gasteiger partial charge < -0.3 is 14.9 Å². The summed E-state index contributed by atoms with van der Waals surface area (Å²) in [5.41, 5.74) is 0.923. The van der Waals surface area contributed by atoms with Gasteiger partial charge in [0, 0.05) is 18.5 Å². The van der Waals surface area contributed by atoms with Crippen LogP contribution in [0.2, 0.25) is 0 Å². The Kier molecular flexibility index (Phi) is 2.85. The number of amidine groups is 1. The minimum absolute atomic E-state index is 0.252. The molecular formula is C12H12N2O4. The number of ether oxygens (including phenoxy) is 1. The zero-order valence-corrected chi connectivity index (χ0v) is 9.59. The number of para-hydroxylation sites is 1. The Morgan fingerprint density at radius 2 is 2.33 bits per heavy atom. The highest BCUT2D eigenvalue weighted by Gasteiger charge is 2.30. The van der Waals surface area contributed by atoms with Crippen molar-refractivity contribution in [2.75, 3.05) is 13.1 Å². The molecule has 0 aromatic heterocycles. The van der Waals surface area contributed by atoms with Crippen LogP contribution in [0.1, 0.15) is 5.56 Å². The minimum atomic E-state index is -0.759. The maximum absolute atomic E-state index is 11.8. The van der Waals surface area contributed by atoms with Crippen molar-refractivity contribution in [3.8, 4) is 5.75 Å². The number of nitrogens with one attached hydrogen (secondary N) is 1. The van der Waals surface area contributed by atoms with Crippen molar-refractivity contribution in [2.24, 2.45) is 4.99 Å². The molecule has 0 saturated heterocycles. The molecule has 1 atom stereocenters. The molecule has 18 heavy (non-hydrogen) atoms. The third-order valence-corrected chi connectivity index (χ3v) is 2.74. The number of fused-ring (bicyclic) bond motifs is 1. The molecule has 1 N–H and O–H groups in total. The Morgan fingerprint density at radius 3 is 3.17 bits per heavy atom. The predicted molar refractivity (Wildman–Crippen MR) is 62.0 cm³/mol. The smallest absolute Gasteiger partial charge is 0.347 e. The van der Waals surface area contributed by atoms with E-state index in [1.54, 1.807) is 6.07 Å². The van der Waals surface area contributed by atoms with Gasteiger partial charge in [-0.15, -0.1) is 0 Å². The number of hydrogen-bond acceptors (Lipinski definition) is 6. The summed E-state index contributed by atoms with van der Waals surface area (Å²) in [6.07, 6.45) is -0.326. The maximum atomic E-state index is 11.8. The molecule has 6 nitrogen and oxygen atoms in total. The molecule has 0 aliphatic carbocycles. The number of nitrogens with zero attached hydrogens (tertiary/aromatic N) is 1. The molecule has 0 bridgehead atoms. The van der Waals surface area contributed by atoms with Crippen LogP contribution in [0.25, 0.3) is 0 Å². The average Bonchev–Trinajstić information content (AvgIpc) is 2.91. The van der Waals surface area contributed by atoms with E-state index in [-0.39, 0.29) is 6.02 Å². The predicted octanol–water partition coefficient (Wildman–Crippen LogP) is 0.424. The third kappa shape index (κ3) is 2.14. The van der Waals surface area contributed by atoms with E-state index in [0.717, 1.165) is 5.56 Å². The molecule has 6 heteroatoms. The normalized spacial score (nSPS) is 21.3. The number of carbonyl (C=O) groups excluding carboxylic acids is 1. The van der Waals surface area contributed by atoms with E-state index in [4.69, 9.17) is 14.5 Å². The van der Waals surface area contributed by atoms with Gasteiger partial charge in [0.1, 0.15) is 0 Å². The number of carbonyl (C=O) groups is 1. The van der Waals surface area contributed by atoms with Crippen LogP contribution in [0, 0.1) is 0 Å². The van der Waals surface area contributed by atoms with E-state index >= 15 is 0 Å². The quantitative estimate of drug-likeness (QED) is 0.576. The van der Waals surface area contributed by atoms with Crippen molar-refractivity contribution in [1.29, 1.82) is 0 Å². The second kappa shape index (κ2) is 4.66. The van der Waals surface area contributed by atoms with Crippen LogP contribution in [0.4, 0.5) is 0 Å². The fourth-order valence-corrected chi connectivity index (χ4v) is 1.83. The Morgan fingerprint density at radius 1 is 1.44 bits per heavy atom. The Hall–Kier alpha value is -2.08. The molecule has 0 saturated carbocycles. The van der Waals surface area contributed by atoms with Gasteiger partial charge in [0.05, 0.1) is 6.54 Å². The van der Waals surface area contributed by atoms with Crippen LogP contribution in [-0.2, 0) is 20.8 Å². The van der Waals surface area contributed by atoms with Crippen molar-refractivity contribution < 1.29 is 19.3 Å². The molecule has 2 aliphatic rings. The monoisotopic (exact) mass is 248 g/mol. The van der Waals surface area contributed by atoms with E-state index in [9.17, 15) is 4.79 Å².